The second kappa shape index (κ2) is 11.6. The van der Waals surface area contributed by atoms with Crippen LogP contribution in [0.25, 0.3) is 22.2 Å². The maximum absolute atomic E-state index is 11.8. The van der Waals surface area contributed by atoms with E-state index in [9.17, 15) is 9.90 Å². The van der Waals surface area contributed by atoms with Gasteiger partial charge >= 0.3 is 5.97 Å². The van der Waals surface area contributed by atoms with Crippen molar-refractivity contribution in [3.8, 4) is 22.8 Å². The minimum Gasteiger partial charge on any atom is -0.488 e. The Morgan fingerprint density at radius 3 is 2.73 bits per heavy atom. The first-order valence-corrected chi connectivity index (χ1v) is 14.1. The van der Waals surface area contributed by atoms with Crippen LogP contribution in [0.4, 0.5) is 0 Å². The van der Waals surface area contributed by atoms with Crippen LogP contribution in [0.2, 0.25) is 0 Å². The molecule has 2 aliphatic heterocycles. The molecule has 3 heterocycles. The summed E-state index contributed by atoms with van der Waals surface area (Å²) in [6.45, 7) is 9.61. The molecule has 3 aromatic rings. The lowest BCUT2D eigenvalue weighted by Crippen LogP contribution is -2.33. The van der Waals surface area contributed by atoms with Crippen molar-refractivity contribution < 1.29 is 19.4 Å². The number of rotatable bonds is 10. The van der Waals surface area contributed by atoms with Crippen molar-refractivity contribution in [3.05, 3.63) is 47.5 Å². The summed E-state index contributed by atoms with van der Waals surface area (Å²) in [6, 6.07) is 11.8. The SMILES string of the molecule is CCCCCC(C)c1c2n(c3cc(C(=O)O)ccc13)CCOc1c(OCCN3CCCCC3)cccc1-2. The second-order valence-corrected chi connectivity index (χ2v) is 10.6. The number of piperidine rings is 1. The van der Waals surface area contributed by atoms with Gasteiger partial charge in [-0.25, -0.2) is 4.79 Å². The van der Waals surface area contributed by atoms with E-state index in [2.05, 4.69) is 35.4 Å². The molecule has 37 heavy (non-hydrogen) atoms. The fourth-order valence-corrected chi connectivity index (χ4v) is 6.05. The number of ether oxygens (including phenoxy) is 2. The average molecular weight is 505 g/mol. The van der Waals surface area contributed by atoms with Crippen LogP contribution in [-0.4, -0.2) is 53.4 Å². The summed E-state index contributed by atoms with van der Waals surface area (Å²) >= 11 is 0. The van der Waals surface area contributed by atoms with Crippen LogP contribution in [0.3, 0.4) is 0 Å². The maximum atomic E-state index is 11.8. The van der Waals surface area contributed by atoms with E-state index in [1.807, 2.05) is 18.2 Å². The molecular weight excluding hydrogens is 464 g/mol. The molecule has 0 saturated carbocycles. The van der Waals surface area contributed by atoms with Gasteiger partial charge in [0.25, 0.3) is 0 Å². The van der Waals surface area contributed by atoms with Gasteiger partial charge in [0.2, 0.25) is 0 Å². The van der Waals surface area contributed by atoms with Gasteiger partial charge in [-0.15, -0.1) is 0 Å². The Morgan fingerprint density at radius 2 is 1.95 bits per heavy atom. The van der Waals surface area contributed by atoms with E-state index < -0.39 is 5.97 Å². The molecule has 0 spiro atoms. The minimum atomic E-state index is -0.898. The number of unbranched alkanes of at least 4 members (excludes halogenated alkanes) is 2. The normalized spacial score (nSPS) is 16.5. The number of nitrogens with zero attached hydrogens (tertiary/aromatic N) is 2. The first-order valence-electron chi connectivity index (χ1n) is 14.1. The number of hydrogen-bond acceptors (Lipinski definition) is 4. The number of benzene rings is 2. The average Bonchev–Trinajstić information content (AvgIpc) is 3.10. The fraction of sp³-hybridized carbons (Fsp3) is 0.516. The molecule has 0 bridgehead atoms. The predicted molar refractivity (Wildman–Crippen MR) is 148 cm³/mol. The van der Waals surface area contributed by atoms with E-state index >= 15 is 0 Å². The molecule has 2 aliphatic rings. The predicted octanol–water partition coefficient (Wildman–Crippen LogP) is 6.95. The number of aromatic nitrogens is 1. The van der Waals surface area contributed by atoms with Gasteiger partial charge in [0.15, 0.2) is 11.5 Å². The second-order valence-electron chi connectivity index (χ2n) is 10.6. The zero-order valence-electron chi connectivity index (χ0n) is 22.3. The lowest BCUT2D eigenvalue weighted by atomic mass is 9.90. The minimum absolute atomic E-state index is 0.318. The van der Waals surface area contributed by atoms with Gasteiger partial charge in [0.1, 0.15) is 13.2 Å². The number of likely N-dealkylation sites (tertiary alicyclic amines) is 1. The van der Waals surface area contributed by atoms with Crippen molar-refractivity contribution >= 4 is 16.9 Å². The number of hydrogen-bond donors (Lipinski definition) is 1. The molecule has 6 heteroatoms. The van der Waals surface area contributed by atoms with Crippen LogP contribution < -0.4 is 9.47 Å². The quantitative estimate of drug-likeness (QED) is 0.303. The Kier molecular flexibility index (Phi) is 8.04. The molecule has 1 unspecified atom stereocenters. The highest BCUT2D eigenvalue weighted by molar-refractivity contribution is 5.99. The first-order chi connectivity index (χ1) is 18.1. The summed E-state index contributed by atoms with van der Waals surface area (Å²) in [5, 5.41) is 10.8. The molecule has 1 atom stereocenters. The van der Waals surface area contributed by atoms with Gasteiger partial charge in [-0.2, -0.15) is 0 Å². The molecule has 1 saturated heterocycles. The molecule has 5 rings (SSSR count). The Balaban J connectivity index is 1.55. The van der Waals surface area contributed by atoms with Crippen molar-refractivity contribution in [2.75, 3.05) is 32.8 Å². The van der Waals surface area contributed by atoms with Crippen LogP contribution in [0.1, 0.15) is 80.6 Å². The molecule has 0 radical (unpaired) electrons. The van der Waals surface area contributed by atoms with Crippen LogP contribution in [0, 0.1) is 0 Å². The summed E-state index contributed by atoms with van der Waals surface area (Å²) in [4.78, 5) is 14.3. The van der Waals surface area contributed by atoms with Gasteiger partial charge in [-0.1, -0.05) is 51.7 Å². The Bertz CT molecular complexity index is 1240. The molecule has 198 valence electrons. The number of aromatic carboxylic acids is 1. The largest absolute Gasteiger partial charge is 0.488 e. The molecule has 6 nitrogen and oxygen atoms in total. The van der Waals surface area contributed by atoms with Gasteiger partial charge in [0, 0.05) is 23.0 Å². The topological polar surface area (TPSA) is 63.9 Å². The zero-order chi connectivity index (χ0) is 25.8. The van der Waals surface area contributed by atoms with Gasteiger partial charge in [-0.3, -0.25) is 4.90 Å². The third-order valence-electron chi connectivity index (χ3n) is 7.99. The summed E-state index contributed by atoms with van der Waals surface area (Å²) in [5.74, 6) is 1.05. The van der Waals surface area contributed by atoms with Crippen LogP contribution in [-0.2, 0) is 6.54 Å². The van der Waals surface area contributed by atoms with Crippen molar-refractivity contribution in [3.63, 3.8) is 0 Å². The molecule has 2 aromatic carbocycles. The van der Waals surface area contributed by atoms with Gasteiger partial charge in [-0.05, 0) is 68.1 Å². The van der Waals surface area contributed by atoms with E-state index in [4.69, 9.17) is 9.47 Å². The van der Waals surface area contributed by atoms with E-state index in [1.165, 1.54) is 44.1 Å². The summed E-state index contributed by atoms with van der Waals surface area (Å²) < 4.78 is 15.0. The van der Waals surface area contributed by atoms with Gasteiger partial charge < -0.3 is 19.1 Å². The lowest BCUT2D eigenvalue weighted by Gasteiger charge is -2.26. The zero-order valence-corrected chi connectivity index (χ0v) is 22.3. The smallest absolute Gasteiger partial charge is 0.335 e. The van der Waals surface area contributed by atoms with Crippen LogP contribution >= 0.6 is 0 Å². The highest BCUT2D eigenvalue weighted by Gasteiger charge is 2.28. The van der Waals surface area contributed by atoms with E-state index in [0.29, 0.717) is 31.2 Å². The molecule has 1 aromatic heterocycles. The number of fused-ring (bicyclic) bond motifs is 5. The first kappa shape index (κ1) is 25.7. The molecule has 0 amide bonds. The summed E-state index contributed by atoms with van der Waals surface area (Å²) in [5.41, 5.74) is 4.77. The number of carbonyl (C=O) groups is 1. The van der Waals surface area contributed by atoms with Crippen molar-refractivity contribution in [2.45, 2.75) is 71.3 Å². The molecular formula is C31H40N2O4. The highest BCUT2D eigenvalue weighted by Crippen LogP contribution is 2.47. The maximum Gasteiger partial charge on any atom is 0.335 e. The standard InChI is InChI=1S/C31H40N2O4/c1-3-4-6-10-22(2)28-24-14-13-23(31(34)35)21-26(24)33-18-20-37-30-25(29(28)33)11-9-12-27(30)36-19-17-32-15-7-5-8-16-32/h9,11-14,21-22H,3-8,10,15-20H2,1-2H3,(H,34,35). The monoisotopic (exact) mass is 504 g/mol. The lowest BCUT2D eigenvalue weighted by molar-refractivity contribution is 0.0697. The number of para-hydroxylation sites is 1. The third-order valence-corrected chi connectivity index (χ3v) is 7.99. The van der Waals surface area contributed by atoms with Crippen molar-refractivity contribution in [1.29, 1.82) is 0 Å². The van der Waals surface area contributed by atoms with E-state index in [1.54, 1.807) is 6.07 Å². The number of carboxylic acids is 1. The summed E-state index contributed by atoms with van der Waals surface area (Å²) in [7, 11) is 0. The summed E-state index contributed by atoms with van der Waals surface area (Å²) in [6.07, 6.45) is 8.57. The van der Waals surface area contributed by atoms with Gasteiger partial charge in [0.05, 0.1) is 17.8 Å². The highest BCUT2D eigenvalue weighted by atomic mass is 16.5. The molecule has 0 aliphatic carbocycles. The van der Waals surface area contributed by atoms with E-state index in [0.717, 1.165) is 59.7 Å². The van der Waals surface area contributed by atoms with Crippen LogP contribution in [0.15, 0.2) is 36.4 Å². The molecule has 1 N–H and O–H groups in total. The van der Waals surface area contributed by atoms with Crippen LogP contribution in [0.5, 0.6) is 11.5 Å². The Morgan fingerprint density at radius 1 is 1.11 bits per heavy atom. The third kappa shape index (κ3) is 5.35. The van der Waals surface area contributed by atoms with E-state index in [-0.39, 0.29) is 0 Å². The van der Waals surface area contributed by atoms with Crippen molar-refractivity contribution in [2.24, 2.45) is 0 Å². The molecule has 1 fully saturated rings. The fourth-order valence-electron chi connectivity index (χ4n) is 6.05. The Labute approximate surface area is 220 Å². The van der Waals surface area contributed by atoms with Crippen molar-refractivity contribution in [1.82, 2.24) is 9.47 Å². The Hall–Kier alpha value is -2.99. The number of carboxylic acid groups (broad SMARTS) is 1.